The van der Waals surface area contributed by atoms with Crippen LogP contribution in [-0.2, 0) is 0 Å². The van der Waals surface area contributed by atoms with Crippen molar-refractivity contribution >= 4 is 22.9 Å². The molecular formula is C9H16FIN2. The molecule has 2 rings (SSSR count). The highest BCUT2D eigenvalue weighted by Crippen LogP contribution is 2.26. The summed E-state index contributed by atoms with van der Waals surface area (Å²) in [6.07, 6.45) is 2.53. The second kappa shape index (κ2) is 4.40. The summed E-state index contributed by atoms with van der Waals surface area (Å²) in [6, 6.07) is 0.744. The van der Waals surface area contributed by atoms with E-state index in [4.69, 9.17) is 0 Å². The molecule has 0 aromatic heterocycles. The Labute approximate surface area is 93.0 Å². The zero-order valence-corrected chi connectivity index (χ0v) is 9.91. The van der Waals surface area contributed by atoms with Gasteiger partial charge in [-0.2, -0.15) is 0 Å². The van der Waals surface area contributed by atoms with Crippen molar-refractivity contribution in [1.82, 2.24) is 8.01 Å². The average molecular weight is 298 g/mol. The minimum absolute atomic E-state index is 0.123. The number of halogens is 2. The molecule has 0 amide bonds. The first kappa shape index (κ1) is 10.1. The van der Waals surface area contributed by atoms with Crippen LogP contribution in [-0.4, -0.2) is 46.9 Å². The van der Waals surface area contributed by atoms with Crippen LogP contribution in [0.25, 0.3) is 0 Å². The van der Waals surface area contributed by atoms with Crippen molar-refractivity contribution < 1.29 is 4.39 Å². The molecule has 0 aromatic carbocycles. The lowest BCUT2D eigenvalue weighted by atomic mass is 9.95. The summed E-state index contributed by atoms with van der Waals surface area (Å²) in [6.45, 7) is 4.27. The number of rotatable bonds is 2. The molecule has 0 atom stereocenters. The molecule has 2 saturated heterocycles. The Hall–Kier alpha value is 0.580. The largest absolute Gasteiger partial charge is 0.299 e. The molecule has 0 unspecified atom stereocenters. The molecule has 0 saturated carbocycles. The Morgan fingerprint density at radius 3 is 2.38 bits per heavy atom. The quantitative estimate of drug-likeness (QED) is 0.565. The summed E-state index contributed by atoms with van der Waals surface area (Å²) in [7, 11) is 0. The van der Waals surface area contributed by atoms with E-state index in [2.05, 4.69) is 30.9 Å². The summed E-state index contributed by atoms with van der Waals surface area (Å²) in [5, 5.41) is 0. The molecule has 2 heterocycles. The van der Waals surface area contributed by atoms with Crippen molar-refractivity contribution in [3.63, 3.8) is 0 Å². The Bertz CT molecular complexity index is 165. The maximum atomic E-state index is 12.2. The highest BCUT2D eigenvalue weighted by atomic mass is 127. The van der Waals surface area contributed by atoms with Crippen molar-refractivity contribution in [2.75, 3.05) is 32.9 Å². The smallest absolute Gasteiger partial charge is 0.0947 e. The van der Waals surface area contributed by atoms with Crippen molar-refractivity contribution in [3.8, 4) is 0 Å². The predicted octanol–water partition coefficient (Wildman–Crippen LogP) is 1.70. The van der Waals surface area contributed by atoms with E-state index in [-0.39, 0.29) is 6.67 Å². The average Bonchev–Trinajstić information content (AvgIpc) is 2.06. The van der Waals surface area contributed by atoms with Crippen molar-refractivity contribution in [2.24, 2.45) is 5.92 Å². The fourth-order valence-corrected chi connectivity index (χ4v) is 2.76. The van der Waals surface area contributed by atoms with Crippen LogP contribution in [0.1, 0.15) is 12.8 Å². The third-order valence-electron chi connectivity index (χ3n) is 3.13. The van der Waals surface area contributed by atoms with Gasteiger partial charge in [0.1, 0.15) is 0 Å². The van der Waals surface area contributed by atoms with E-state index in [1.807, 2.05) is 0 Å². The van der Waals surface area contributed by atoms with Crippen LogP contribution >= 0.6 is 22.9 Å². The second-order valence-electron chi connectivity index (χ2n) is 4.12. The van der Waals surface area contributed by atoms with E-state index < -0.39 is 0 Å². The Morgan fingerprint density at radius 2 is 1.85 bits per heavy atom. The van der Waals surface area contributed by atoms with Crippen LogP contribution in [0.2, 0.25) is 0 Å². The first-order valence-corrected chi connectivity index (χ1v) is 5.97. The number of hydrogen-bond acceptors (Lipinski definition) is 2. The van der Waals surface area contributed by atoms with Gasteiger partial charge in [0.25, 0.3) is 0 Å². The van der Waals surface area contributed by atoms with Gasteiger partial charge in [-0.1, -0.05) is 0 Å². The summed E-state index contributed by atoms with van der Waals surface area (Å²) in [5.74, 6) is 0.345. The van der Waals surface area contributed by atoms with E-state index >= 15 is 0 Å². The second-order valence-corrected chi connectivity index (χ2v) is 5.48. The fourth-order valence-electron chi connectivity index (χ4n) is 2.21. The van der Waals surface area contributed by atoms with Gasteiger partial charge in [-0.3, -0.25) is 9.29 Å². The topological polar surface area (TPSA) is 6.48 Å². The molecule has 2 aliphatic heterocycles. The first-order valence-electron chi connectivity index (χ1n) is 5.00. The van der Waals surface area contributed by atoms with Gasteiger partial charge in [-0.25, -0.2) is 3.11 Å². The van der Waals surface area contributed by atoms with Crippen LogP contribution in [0.4, 0.5) is 4.39 Å². The minimum atomic E-state index is -0.123. The lowest BCUT2D eigenvalue weighted by molar-refractivity contribution is 0.0215. The normalized spacial score (nSPS) is 29.1. The summed E-state index contributed by atoms with van der Waals surface area (Å²) in [5.41, 5.74) is 0. The predicted molar refractivity (Wildman–Crippen MR) is 59.7 cm³/mol. The van der Waals surface area contributed by atoms with Gasteiger partial charge in [-0.05, 0) is 12.8 Å². The molecule has 76 valence electrons. The van der Waals surface area contributed by atoms with Gasteiger partial charge in [0.15, 0.2) is 0 Å². The molecule has 0 bridgehead atoms. The van der Waals surface area contributed by atoms with Crippen LogP contribution in [0.5, 0.6) is 0 Å². The van der Waals surface area contributed by atoms with E-state index in [1.165, 1.54) is 25.9 Å². The molecule has 4 heteroatoms. The van der Waals surface area contributed by atoms with E-state index in [1.54, 1.807) is 0 Å². The number of hydrogen-bond donors (Lipinski definition) is 0. The third kappa shape index (κ3) is 2.33. The summed E-state index contributed by atoms with van der Waals surface area (Å²) in [4.78, 5) is 2.45. The Kier molecular flexibility index (Phi) is 3.42. The van der Waals surface area contributed by atoms with Gasteiger partial charge >= 0.3 is 0 Å². The molecule has 0 N–H and O–H groups in total. The SMILES string of the molecule is FCC1CN(C2CCN(I)CC2)C1. The lowest BCUT2D eigenvalue weighted by Gasteiger charge is -2.45. The third-order valence-corrected chi connectivity index (χ3v) is 4.09. The van der Waals surface area contributed by atoms with Crippen LogP contribution in [0.15, 0.2) is 0 Å². The first-order chi connectivity index (χ1) is 6.29. The van der Waals surface area contributed by atoms with Gasteiger partial charge < -0.3 is 0 Å². The van der Waals surface area contributed by atoms with Crippen LogP contribution < -0.4 is 0 Å². The minimum Gasteiger partial charge on any atom is -0.299 e. The maximum Gasteiger partial charge on any atom is 0.0947 e. The van der Waals surface area contributed by atoms with Gasteiger partial charge in [0.2, 0.25) is 0 Å². The zero-order chi connectivity index (χ0) is 9.26. The van der Waals surface area contributed by atoms with Gasteiger partial charge in [-0.15, -0.1) is 0 Å². The van der Waals surface area contributed by atoms with E-state index in [0.29, 0.717) is 5.92 Å². The van der Waals surface area contributed by atoms with Crippen molar-refractivity contribution in [1.29, 1.82) is 0 Å². The van der Waals surface area contributed by atoms with Crippen LogP contribution in [0, 0.1) is 5.92 Å². The van der Waals surface area contributed by atoms with Crippen molar-refractivity contribution in [2.45, 2.75) is 18.9 Å². The molecule has 0 radical (unpaired) electrons. The molecule has 0 aromatic rings. The summed E-state index contributed by atoms with van der Waals surface area (Å²) < 4.78 is 14.6. The molecule has 0 spiro atoms. The Balaban J connectivity index is 1.71. The highest BCUT2D eigenvalue weighted by Gasteiger charge is 2.33. The molecule has 2 aliphatic rings. The number of piperidine rings is 1. The maximum absolute atomic E-state index is 12.2. The van der Waals surface area contributed by atoms with Gasteiger partial charge in [0.05, 0.1) is 6.67 Å². The molecule has 2 fully saturated rings. The highest BCUT2D eigenvalue weighted by molar-refractivity contribution is 14.1. The fraction of sp³-hybridized carbons (Fsp3) is 1.00. The number of likely N-dealkylation sites (tertiary alicyclic amines) is 1. The van der Waals surface area contributed by atoms with Crippen LogP contribution in [0.3, 0.4) is 0 Å². The van der Waals surface area contributed by atoms with Gasteiger partial charge in [0, 0.05) is 61.0 Å². The Morgan fingerprint density at radius 1 is 1.23 bits per heavy atom. The van der Waals surface area contributed by atoms with E-state index in [9.17, 15) is 4.39 Å². The standard InChI is InChI=1S/C9H16FIN2/c10-5-8-6-12(7-8)9-1-3-13(11)4-2-9/h8-9H,1-7H2. The molecular weight excluding hydrogens is 282 g/mol. The molecule has 13 heavy (non-hydrogen) atoms. The monoisotopic (exact) mass is 298 g/mol. The zero-order valence-electron chi connectivity index (χ0n) is 7.75. The molecule has 2 nitrogen and oxygen atoms in total. The lowest BCUT2D eigenvalue weighted by Crippen LogP contribution is -2.55. The summed E-state index contributed by atoms with van der Waals surface area (Å²) >= 11 is 2.39. The van der Waals surface area contributed by atoms with Crippen molar-refractivity contribution in [3.05, 3.63) is 0 Å². The molecule has 0 aliphatic carbocycles. The number of alkyl halides is 1. The number of nitrogens with zero attached hydrogens (tertiary/aromatic N) is 2. The van der Waals surface area contributed by atoms with E-state index in [0.717, 1.165) is 19.1 Å².